The van der Waals surface area contributed by atoms with Crippen molar-refractivity contribution in [1.82, 2.24) is 10.2 Å². The molecule has 1 amide bonds. The molecule has 1 saturated carbocycles. The van der Waals surface area contributed by atoms with Crippen molar-refractivity contribution in [3.8, 4) is 0 Å². The molecule has 1 aromatic rings. The number of fused-ring (bicyclic) bond motifs is 1. The lowest BCUT2D eigenvalue weighted by Crippen LogP contribution is -2.42. The Morgan fingerprint density at radius 2 is 1.96 bits per heavy atom. The van der Waals surface area contributed by atoms with Crippen molar-refractivity contribution < 1.29 is 9.53 Å². The Labute approximate surface area is 162 Å². The zero-order chi connectivity index (χ0) is 18.3. The molecule has 3 saturated heterocycles. The van der Waals surface area contributed by atoms with Gasteiger partial charge in [0.2, 0.25) is 5.91 Å². The lowest BCUT2D eigenvalue weighted by atomic mass is 9.73. The molecular weight excluding hydrogens is 336 g/mol. The summed E-state index contributed by atoms with van der Waals surface area (Å²) in [6.45, 7) is 3.09. The van der Waals surface area contributed by atoms with E-state index in [1.165, 1.54) is 51.5 Å². The van der Waals surface area contributed by atoms with Gasteiger partial charge in [-0.15, -0.1) is 0 Å². The average molecular weight is 369 g/mol. The van der Waals surface area contributed by atoms with E-state index in [0.29, 0.717) is 24.4 Å². The topological polar surface area (TPSA) is 41.6 Å². The van der Waals surface area contributed by atoms with Gasteiger partial charge in [-0.1, -0.05) is 49.6 Å². The molecule has 0 unspecified atom stereocenters. The molecule has 4 fully saturated rings. The molecule has 2 bridgehead atoms. The van der Waals surface area contributed by atoms with Crippen LogP contribution in [0.2, 0.25) is 0 Å². The lowest BCUT2D eigenvalue weighted by molar-refractivity contribution is -0.120. The Morgan fingerprint density at radius 1 is 1.15 bits per heavy atom. The molecule has 4 nitrogen and oxygen atoms in total. The third-order valence-corrected chi connectivity index (χ3v) is 7.64. The summed E-state index contributed by atoms with van der Waals surface area (Å²) < 4.78 is 6.58. The molecule has 1 N–H and O–H groups in total. The van der Waals surface area contributed by atoms with E-state index in [1.807, 2.05) is 30.3 Å². The van der Waals surface area contributed by atoms with Crippen LogP contribution in [0.4, 0.5) is 0 Å². The first kappa shape index (κ1) is 17.7. The van der Waals surface area contributed by atoms with E-state index in [9.17, 15) is 4.79 Å². The molecule has 0 aromatic heterocycles. The number of hydrogen-bond donors (Lipinski definition) is 1. The van der Waals surface area contributed by atoms with Gasteiger partial charge in [-0.25, -0.2) is 0 Å². The van der Waals surface area contributed by atoms with Crippen LogP contribution in [0.1, 0.15) is 50.5 Å². The maximum atomic E-state index is 12.4. The lowest BCUT2D eigenvalue weighted by Gasteiger charge is -2.32. The second-order valence-electron chi connectivity index (χ2n) is 9.22. The molecule has 27 heavy (non-hydrogen) atoms. The highest BCUT2D eigenvalue weighted by Gasteiger charge is 2.63. The molecule has 4 aliphatic rings. The summed E-state index contributed by atoms with van der Waals surface area (Å²) in [7, 11) is 0. The summed E-state index contributed by atoms with van der Waals surface area (Å²) in [4.78, 5) is 15.2. The van der Waals surface area contributed by atoms with Crippen molar-refractivity contribution in [3.05, 3.63) is 35.9 Å². The molecule has 4 heteroatoms. The first-order chi connectivity index (χ1) is 13.2. The number of nitrogens with zero attached hydrogens (tertiary/aromatic N) is 1. The molecule has 4 atom stereocenters. The van der Waals surface area contributed by atoms with Crippen LogP contribution in [0.3, 0.4) is 0 Å². The molecule has 1 spiro atoms. The Hall–Kier alpha value is -1.39. The van der Waals surface area contributed by atoms with Gasteiger partial charge >= 0.3 is 0 Å². The van der Waals surface area contributed by atoms with E-state index in [-0.39, 0.29) is 11.5 Å². The Morgan fingerprint density at radius 3 is 2.78 bits per heavy atom. The minimum Gasteiger partial charge on any atom is -0.370 e. The summed E-state index contributed by atoms with van der Waals surface area (Å²) in [6, 6.07) is 10.8. The Kier molecular flexibility index (Phi) is 4.73. The number of rotatable bonds is 5. The highest BCUT2D eigenvalue weighted by Crippen LogP contribution is 2.55. The van der Waals surface area contributed by atoms with E-state index in [4.69, 9.17) is 4.74 Å². The summed E-state index contributed by atoms with van der Waals surface area (Å²) >= 11 is 0. The highest BCUT2D eigenvalue weighted by atomic mass is 16.5. The van der Waals surface area contributed by atoms with Crippen molar-refractivity contribution in [1.29, 1.82) is 0 Å². The predicted molar refractivity (Wildman–Crippen MR) is 105 cm³/mol. The van der Waals surface area contributed by atoms with Gasteiger partial charge in [0.05, 0.1) is 18.1 Å². The van der Waals surface area contributed by atoms with Gasteiger partial charge in [-0.3, -0.25) is 9.69 Å². The van der Waals surface area contributed by atoms with E-state index in [1.54, 1.807) is 0 Å². The van der Waals surface area contributed by atoms with E-state index in [0.717, 1.165) is 24.7 Å². The number of amides is 1. The van der Waals surface area contributed by atoms with Gasteiger partial charge in [-0.05, 0) is 31.2 Å². The number of ether oxygens (including phenoxy) is 1. The monoisotopic (exact) mass is 368 g/mol. The molecule has 146 valence electrons. The van der Waals surface area contributed by atoms with Gasteiger partial charge in [0.15, 0.2) is 0 Å². The van der Waals surface area contributed by atoms with Crippen LogP contribution in [0.25, 0.3) is 0 Å². The molecule has 1 aromatic carbocycles. The van der Waals surface area contributed by atoms with Crippen molar-refractivity contribution in [2.75, 3.05) is 19.6 Å². The molecule has 0 radical (unpaired) electrons. The van der Waals surface area contributed by atoms with Crippen LogP contribution < -0.4 is 5.32 Å². The normalized spacial score (nSPS) is 36.1. The van der Waals surface area contributed by atoms with E-state index >= 15 is 0 Å². The predicted octanol–water partition coefficient (Wildman–Crippen LogP) is 3.16. The first-order valence-corrected chi connectivity index (χ1v) is 11.0. The fraction of sp³-hybridized carbons (Fsp3) is 0.696. The molecule has 5 rings (SSSR count). The average Bonchev–Trinajstić information content (AvgIpc) is 3.36. The van der Waals surface area contributed by atoms with Crippen molar-refractivity contribution in [2.24, 2.45) is 11.8 Å². The summed E-state index contributed by atoms with van der Waals surface area (Å²) in [5.41, 5.74) is 1.18. The zero-order valence-corrected chi connectivity index (χ0v) is 16.2. The highest BCUT2D eigenvalue weighted by molar-refractivity contribution is 5.78. The van der Waals surface area contributed by atoms with Crippen LogP contribution in [0, 0.1) is 11.8 Å². The quantitative estimate of drug-likeness (QED) is 0.868. The van der Waals surface area contributed by atoms with Crippen molar-refractivity contribution >= 4 is 5.91 Å². The fourth-order valence-corrected chi connectivity index (χ4v) is 6.30. The van der Waals surface area contributed by atoms with Crippen molar-refractivity contribution in [2.45, 2.75) is 69.1 Å². The number of likely N-dealkylation sites (tertiary alicyclic amines) is 1. The van der Waals surface area contributed by atoms with E-state index < -0.39 is 0 Å². The number of carbonyl (C=O) groups is 1. The van der Waals surface area contributed by atoms with Crippen LogP contribution in [-0.4, -0.2) is 48.2 Å². The van der Waals surface area contributed by atoms with Gasteiger partial charge in [0.25, 0.3) is 0 Å². The van der Waals surface area contributed by atoms with Crippen LogP contribution in [0.5, 0.6) is 0 Å². The zero-order valence-electron chi connectivity index (χ0n) is 16.2. The van der Waals surface area contributed by atoms with Gasteiger partial charge in [0, 0.05) is 37.5 Å². The summed E-state index contributed by atoms with van der Waals surface area (Å²) in [5, 5.41) is 3.22. The minimum atomic E-state index is 0.0942. The number of hydrogen-bond acceptors (Lipinski definition) is 3. The van der Waals surface area contributed by atoms with Gasteiger partial charge < -0.3 is 10.1 Å². The van der Waals surface area contributed by atoms with Crippen molar-refractivity contribution in [3.63, 3.8) is 0 Å². The Balaban J connectivity index is 1.20. The third kappa shape index (κ3) is 3.31. The first-order valence-electron chi connectivity index (χ1n) is 11.0. The standard InChI is InChI=1S/C23H32N2O2/c26-22(13-17-7-3-1-4-8-17)24-14-19-20-15-25(18-9-5-2-6-10-18)16-23(20)12-11-21(19)27-23/h1,3-4,7-8,18-21H,2,5-6,9-16H2,(H,24,26)/t19-,20+,21+,23+/m0/s1. The van der Waals surface area contributed by atoms with Crippen LogP contribution >= 0.6 is 0 Å². The molecule has 1 aliphatic carbocycles. The third-order valence-electron chi connectivity index (χ3n) is 7.64. The molecule has 3 heterocycles. The maximum Gasteiger partial charge on any atom is 0.224 e. The number of carbonyl (C=O) groups excluding carboxylic acids is 1. The van der Waals surface area contributed by atoms with Gasteiger partial charge in [-0.2, -0.15) is 0 Å². The second-order valence-corrected chi connectivity index (χ2v) is 9.22. The number of nitrogens with one attached hydrogen (secondary N) is 1. The molecular formula is C23H32N2O2. The summed E-state index contributed by atoms with van der Waals surface area (Å²) in [5.74, 6) is 1.24. The second kappa shape index (κ2) is 7.21. The van der Waals surface area contributed by atoms with Gasteiger partial charge in [0.1, 0.15) is 0 Å². The summed E-state index contributed by atoms with van der Waals surface area (Å²) in [6.07, 6.45) is 10.2. The SMILES string of the molecule is O=C(Cc1ccccc1)NC[C@H]1[C@H]2CN(C3CCCCC3)C[C@]23CC[C@H]1O3. The van der Waals surface area contributed by atoms with Crippen LogP contribution in [-0.2, 0) is 16.0 Å². The maximum absolute atomic E-state index is 12.4. The smallest absolute Gasteiger partial charge is 0.224 e. The molecule has 3 aliphatic heterocycles. The minimum absolute atomic E-state index is 0.0942. The van der Waals surface area contributed by atoms with Crippen LogP contribution in [0.15, 0.2) is 30.3 Å². The Bertz CT molecular complexity index is 672. The largest absolute Gasteiger partial charge is 0.370 e. The number of benzene rings is 1. The fourth-order valence-electron chi connectivity index (χ4n) is 6.30. The van der Waals surface area contributed by atoms with E-state index in [2.05, 4.69) is 10.2 Å².